The lowest BCUT2D eigenvalue weighted by atomic mass is 10.1. The number of para-hydroxylation sites is 1. The Labute approximate surface area is 87.7 Å². The van der Waals surface area contributed by atoms with Crippen molar-refractivity contribution in [1.82, 2.24) is 5.32 Å². The molecule has 78 valence electrons. The van der Waals surface area contributed by atoms with Gasteiger partial charge in [0.25, 0.3) is 5.91 Å². The molecule has 0 heterocycles. The van der Waals surface area contributed by atoms with Crippen LogP contribution in [-0.2, 0) is 4.79 Å². The first kappa shape index (κ1) is 9.71. The highest BCUT2D eigenvalue weighted by molar-refractivity contribution is 6.01. The van der Waals surface area contributed by atoms with Crippen LogP contribution in [0.3, 0.4) is 0 Å². The van der Waals surface area contributed by atoms with Gasteiger partial charge in [0.2, 0.25) is 6.41 Å². The number of hydrogen-bond acceptors (Lipinski definition) is 2. The largest absolute Gasteiger partial charge is 0.349 e. The first-order valence-electron chi connectivity index (χ1n) is 4.91. The van der Waals surface area contributed by atoms with Gasteiger partial charge in [-0.25, -0.2) is 0 Å². The molecule has 0 aromatic heterocycles. The van der Waals surface area contributed by atoms with Crippen molar-refractivity contribution in [2.75, 3.05) is 5.32 Å². The summed E-state index contributed by atoms with van der Waals surface area (Å²) in [5.74, 6) is -0.123. The molecule has 0 unspecified atom stereocenters. The molecular weight excluding hydrogens is 192 g/mol. The third-order valence-electron chi connectivity index (χ3n) is 2.30. The molecule has 1 saturated carbocycles. The second kappa shape index (κ2) is 4.13. The normalized spacial score (nSPS) is 14.4. The van der Waals surface area contributed by atoms with E-state index < -0.39 is 0 Å². The second-order valence-electron chi connectivity index (χ2n) is 3.56. The summed E-state index contributed by atoms with van der Waals surface area (Å²) in [4.78, 5) is 22.1. The Balaban J connectivity index is 2.16. The van der Waals surface area contributed by atoms with Crippen molar-refractivity contribution in [2.24, 2.45) is 0 Å². The van der Waals surface area contributed by atoms with Gasteiger partial charge >= 0.3 is 0 Å². The molecule has 0 saturated heterocycles. The van der Waals surface area contributed by atoms with E-state index in [1.807, 2.05) is 0 Å². The van der Waals surface area contributed by atoms with Crippen molar-refractivity contribution in [2.45, 2.75) is 18.9 Å². The van der Waals surface area contributed by atoms with Crippen molar-refractivity contribution in [1.29, 1.82) is 0 Å². The standard InChI is InChI=1S/C11H12N2O2/c14-7-12-10-4-2-1-3-9(10)11(15)13-8-5-6-8/h1-4,7-8H,5-6H2,(H,12,14)(H,13,15). The van der Waals surface area contributed by atoms with Crippen LogP contribution in [0, 0.1) is 0 Å². The van der Waals surface area contributed by atoms with Crippen LogP contribution in [0.4, 0.5) is 5.69 Å². The first-order chi connectivity index (χ1) is 7.31. The molecule has 0 bridgehead atoms. The van der Waals surface area contributed by atoms with Gasteiger partial charge in [-0.2, -0.15) is 0 Å². The Kier molecular flexibility index (Phi) is 2.67. The summed E-state index contributed by atoms with van der Waals surface area (Å²) in [6.45, 7) is 0. The van der Waals surface area contributed by atoms with Crippen molar-refractivity contribution in [3.63, 3.8) is 0 Å². The Bertz CT molecular complexity index is 386. The van der Waals surface area contributed by atoms with E-state index in [4.69, 9.17) is 0 Å². The maximum atomic E-state index is 11.7. The van der Waals surface area contributed by atoms with E-state index in [-0.39, 0.29) is 5.91 Å². The van der Waals surface area contributed by atoms with E-state index in [1.54, 1.807) is 24.3 Å². The van der Waals surface area contributed by atoms with Crippen LogP contribution >= 0.6 is 0 Å². The number of carbonyl (C=O) groups excluding carboxylic acids is 2. The van der Waals surface area contributed by atoms with Gasteiger partial charge in [-0.1, -0.05) is 12.1 Å². The molecule has 4 nitrogen and oxygen atoms in total. The molecule has 15 heavy (non-hydrogen) atoms. The minimum atomic E-state index is -0.123. The highest BCUT2D eigenvalue weighted by Crippen LogP contribution is 2.21. The Morgan fingerprint density at radius 1 is 1.33 bits per heavy atom. The third-order valence-corrected chi connectivity index (χ3v) is 2.30. The van der Waals surface area contributed by atoms with Crippen LogP contribution < -0.4 is 10.6 Å². The second-order valence-corrected chi connectivity index (χ2v) is 3.56. The highest BCUT2D eigenvalue weighted by Gasteiger charge is 2.24. The zero-order valence-electron chi connectivity index (χ0n) is 8.19. The van der Waals surface area contributed by atoms with Crippen LogP contribution in [0.25, 0.3) is 0 Å². The predicted octanol–water partition coefficient (Wildman–Crippen LogP) is 1.15. The summed E-state index contributed by atoms with van der Waals surface area (Å²) >= 11 is 0. The topological polar surface area (TPSA) is 58.2 Å². The quantitative estimate of drug-likeness (QED) is 0.723. The molecule has 0 radical (unpaired) electrons. The van der Waals surface area contributed by atoms with Gasteiger partial charge in [0, 0.05) is 6.04 Å². The van der Waals surface area contributed by atoms with Gasteiger partial charge in [0.05, 0.1) is 11.3 Å². The number of benzene rings is 1. The van der Waals surface area contributed by atoms with Crippen molar-refractivity contribution >= 4 is 18.0 Å². The summed E-state index contributed by atoms with van der Waals surface area (Å²) in [7, 11) is 0. The molecule has 1 fully saturated rings. The first-order valence-corrected chi connectivity index (χ1v) is 4.91. The predicted molar refractivity (Wildman–Crippen MR) is 56.6 cm³/mol. The average molecular weight is 204 g/mol. The van der Waals surface area contributed by atoms with Gasteiger partial charge in [0.1, 0.15) is 0 Å². The summed E-state index contributed by atoms with van der Waals surface area (Å²) in [5.41, 5.74) is 1.06. The van der Waals surface area contributed by atoms with E-state index in [1.165, 1.54) is 0 Å². The van der Waals surface area contributed by atoms with Gasteiger partial charge in [-0.05, 0) is 25.0 Å². The fourth-order valence-electron chi connectivity index (χ4n) is 1.36. The number of hydrogen-bond donors (Lipinski definition) is 2. The van der Waals surface area contributed by atoms with Gasteiger partial charge in [-0.15, -0.1) is 0 Å². The fourth-order valence-corrected chi connectivity index (χ4v) is 1.36. The number of carbonyl (C=O) groups is 2. The van der Waals surface area contributed by atoms with Crippen molar-refractivity contribution in [3.05, 3.63) is 29.8 Å². The Morgan fingerprint density at radius 3 is 2.73 bits per heavy atom. The number of amides is 2. The molecule has 2 N–H and O–H groups in total. The molecule has 1 aromatic rings. The molecule has 0 spiro atoms. The molecule has 0 atom stereocenters. The number of nitrogens with one attached hydrogen (secondary N) is 2. The molecular formula is C11H12N2O2. The zero-order valence-corrected chi connectivity index (χ0v) is 8.19. The summed E-state index contributed by atoms with van der Waals surface area (Å²) < 4.78 is 0. The molecule has 2 rings (SSSR count). The molecule has 0 aliphatic heterocycles. The third kappa shape index (κ3) is 2.34. The van der Waals surface area contributed by atoms with E-state index in [2.05, 4.69) is 10.6 Å². The molecule has 2 amide bonds. The zero-order chi connectivity index (χ0) is 10.7. The Morgan fingerprint density at radius 2 is 2.07 bits per heavy atom. The monoisotopic (exact) mass is 204 g/mol. The van der Waals surface area contributed by atoms with E-state index >= 15 is 0 Å². The lowest BCUT2D eigenvalue weighted by Crippen LogP contribution is -2.26. The molecule has 1 aromatic carbocycles. The minimum Gasteiger partial charge on any atom is -0.349 e. The van der Waals surface area contributed by atoms with Crippen LogP contribution in [0.15, 0.2) is 24.3 Å². The lowest BCUT2D eigenvalue weighted by Gasteiger charge is -2.07. The summed E-state index contributed by atoms with van der Waals surface area (Å²) in [5, 5.41) is 5.38. The van der Waals surface area contributed by atoms with Crippen LogP contribution in [0.1, 0.15) is 23.2 Å². The maximum Gasteiger partial charge on any atom is 0.253 e. The highest BCUT2D eigenvalue weighted by atomic mass is 16.2. The number of anilines is 1. The van der Waals surface area contributed by atoms with Gasteiger partial charge in [-0.3, -0.25) is 9.59 Å². The van der Waals surface area contributed by atoms with Crippen LogP contribution in [0.2, 0.25) is 0 Å². The number of rotatable bonds is 4. The summed E-state index contributed by atoms with van der Waals surface area (Å²) in [6, 6.07) is 7.28. The fraction of sp³-hybridized carbons (Fsp3) is 0.273. The minimum absolute atomic E-state index is 0.123. The average Bonchev–Trinajstić information content (AvgIpc) is 3.03. The lowest BCUT2D eigenvalue weighted by molar-refractivity contribution is -0.105. The van der Waals surface area contributed by atoms with E-state index in [9.17, 15) is 9.59 Å². The maximum absolute atomic E-state index is 11.7. The van der Waals surface area contributed by atoms with Crippen LogP contribution in [0.5, 0.6) is 0 Å². The van der Waals surface area contributed by atoms with E-state index in [0.717, 1.165) is 12.8 Å². The van der Waals surface area contributed by atoms with Gasteiger partial charge < -0.3 is 10.6 Å². The Hall–Kier alpha value is -1.84. The van der Waals surface area contributed by atoms with Crippen LogP contribution in [-0.4, -0.2) is 18.4 Å². The SMILES string of the molecule is O=CNc1ccccc1C(=O)NC1CC1. The van der Waals surface area contributed by atoms with Crippen molar-refractivity contribution in [3.8, 4) is 0 Å². The molecule has 1 aliphatic carbocycles. The van der Waals surface area contributed by atoms with Crippen molar-refractivity contribution < 1.29 is 9.59 Å². The summed E-state index contributed by atoms with van der Waals surface area (Å²) in [6.07, 6.45) is 2.67. The molecule has 1 aliphatic rings. The van der Waals surface area contributed by atoms with E-state index in [0.29, 0.717) is 23.7 Å². The molecule has 4 heteroatoms. The smallest absolute Gasteiger partial charge is 0.253 e. The van der Waals surface area contributed by atoms with Gasteiger partial charge in [0.15, 0.2) is 0 Å².